The van der Waals surface area contributed by atoms with Crippen LogP contribution in [0.2, 0.25) is 0 Å². The van der Waals surface area contributed by atoms with E-state index in [0.29, 0.717) is 0 Å². The summed E-state index contributed by atoms with van der Waals surface area (Å²) < 4.78 is 0. The van der Waals surface area contributed by atoms with Gasteiger partial charge in [0.25, 0.3) is 0 Å². The van der Waals surface area contributed by atoms with Gasteiger partial charge in [-0.1, -0.05) is 33.1 Å². The molecule has 1 heteroatoms. The predicted octanol–water partition coefficient (Wildman–Crippen LogP) is 3.71. The third-order valence-electron chi connectivity index (χ3n) is 1.92. The van der Waals surface area contributed by atoms with Crippen molar-refractivity contribution >= 4 is 11.8 Å². The van der Waals surface area contributed by atoms with Crippen molar-refractivity contribution in [1.82, 2.24) is 0 Å². The average molecular weight is 160 g/mol. The van der Waals surface area contributed by atoms with Gasteiger partial charge >= 0.3 is 0 Å². The highest BCUT2D eigenvalue weighted by Gasteiger charge is 2.01. The van der Waals surface area contributed by atoms with Crippen LogP contribution in [-0.2, 0) is 0 Å². The zero-order chi connectivity index (χ0) is 7.82. The molecule has 0 bridgehead atoms. The van der Waals surface area contributed by atoms with Crippen molar-refractivity contribution in [2.24, 2.45) is 0 Å². The maximum Gasteiger partial charge on any atom is 0.00416 e. The van der Waals surface area contributed by atoms with E-state index in [9.17, 15) is 0 Å². The molecule has 0 N–H and O–H groups in total. The minimum Gasteiger partial charge on any atom is -0.162 e. The Bertz CT molecular complexity index is 57.7. The SMILES string of the molecule is CCCCCC(CC)SC. The highest BCUT2D eigenvalue weighted by atomic mass is 32.2. The number of hydrogen-bond donors (Lipinski definition) is 0. The normalized spacial score (nSPS) is 13.5. The summed E-state index contributed by atoms with van der Waals surface area (Å²) in [7, 11) is 0. The highest BCUT2D eigenvalue weighted by Crippen LogP contribution is 2.17. The summed E-state index contributed by atoms with van der Waals surface area (Å²) in [5.41, 5.74) is 0. The van der Waals surface area contributed by atoms with Gasteiger partial charge in [-0.3, -0.25) is 0 Å². The molecule has 0 aliphatic heterocycles. The molecule has 0 aromatic carbocycles. The molecule has 0 spiro atoms. The molecule has 0 radical (unpaired) electrons. The molecule has 1 atom stereocenters. The van der Waals surface area contributed by atoms with Crippen LogP contribution in [0.1, 0.15) is 46.0 Å². The van der Waals surface area contributed by atoms with Crippen molar-refractivity contribution in [3.8, 4) is 0 Å². The summed E-state index contributed by atoms with van der Waals surface area (Å²) in [6.45, 7) is 4.55. The van der Waals surface area contributed by atoms with Crippen LogP contribution >= 0.6 is 11.8 Å². The summed E-state index contributed by atoms with van der Waals surface area (Å²) >= 11 is 2.02. The van der Waals surface area contributed by atoms with Crippen LogP contribution in [0.5, 0.6) is 0 Å². The van der Waals surface area contributed by atoms with Crippen molar-refractivity contribution in [1.29, 1.82) is 0 Å². The van der Waals surface area contributed by atoms with Crippen LogP contribution in [0.4, 0.5) is 0 Å². The highest BCUT2D eigenvalue weighted by molar-refractivity contribution is 7.99. The quantitative estimate of drug-likeness (QED) is 0.534. The molecule has 0 amide bonds. The minimum atomic E-state index is 0.923. The fraction of sp³-hybridized carbons (Fsp3) is 1.00. The molecular weight excluding hydrogens is 140 g/mol. The number of hydrogen-bond acceptors (Lipinski definition) is 1. The Labute approximate surface area is 69.8 Å². The first kappa shape index (κ1) is 10.3. The second-order valence-electron chi connectivity index (χ2n) is 2.76. The first-order chi connectivity index (χ1) is 4.85. The summed E-state index contributed by atoms with van der Waals surface area (Å²) in [6, 6.07) is 0. The Morgan fingerprint density at radius 1 is 1.20 bits per heavy atom. The largest absolute Gasteiger partial charge is 0.162 e. The van der Waals surface area contributed by atoms with Crippen LogP contribution in [0.3, 0.4) is 0 Å². The topological polar surface area (TPSA) is 0 Å². The molecule has 0 aromatic rings. The lowest BCUT2D eigenvalue weighted by Crippen LogP contribution is -1.98. The Kier molecular flexibility index (Phi) is 7.72. The summed E-state index contributed by atoms with van der Waals surface area (Å²) in [6.07, 6.45) is 9.17. The van der Waals surface area contributed by atoms with Crippen LogP contribution in [0.25, 0.3) is 0 Å². The monoisotopic (exact) mass is 160 g/mol. The Balaban J connectivity index is 3.09. The van der Waals surface area contributed by atoms with E-state index in [1.165, 1.54) is 32.1 Å². The Morgan fingerprint density at radius 3 is 2.30 bits per heavy atom. The van der Waals surface area contributed by atoms with Crippen LogP contribution in [-0.4, -0.2) is 11.5 Å². The third kappa shape index (κ3) is 5.16. The van der Waals surface area contributed by atoms with Crippen LogP contribution < -0.4 is 0 Å². The van der Waals surface area contributed by atoms with Crippen molar-refractivity contribution < 1.29 is 0 Å². The van der Waals surface area contributed by atoms with Gasteiger partial charge in [0.1, 0.15) is 0 Å². The van der Waals surface area contributed by atoms with Gasteiger partial charge in [0.15, 0.2) is 0 Å². The van der Waals surface area contributed by atoms with Crippen LogP contribution in [0.15, 0.2) is 0 Å². The summed E-state index contributed by atoms with van der Waals surface area (Å²) in [5, 5.41) is 0.923. The molecule has 0 aliphatic carbocycles. The van der Waals surface area contributed by atoms with Crippen LogP contribution in [0, 0.1) is 0 Å². The van der Waals surface area contributed by atoms with Gasteiger partial charge in [-0.25, -0.2) is 0 Å². The molecule has 62 valence electrons. The molecule has 0 saturated heterocycles. The maximum absolute atomic E-state index is 2.28. The first-order valence-corrected chi connectivity index (χ1v) is 5.66. The molecule has 0 aromatic heterocycles. The lowest BCUT2D eigenvalue weighted by molar-refractivity contribution is 0.636. The molecule has 0 rings (SSSR count). The number of rotatable bonds is 6. The van der Waals surface area contributed by atoms with E-state index < -0.39 is 0 Å². The lowest BCUT2D eigenvalue weighted by atomic mass is 10.1. The second-order valence-corrected chi connectivity index (χ2v) is 3.90. The third-order valence-corrected chi connectivity index (χ3v) is 3.15. The van der Waals surface area contributed by atoms with E-state index >= 15 is 0 Å². The molecule has 0 heterocycles. The number of unbranched alkanes of at least 4 members (excludes halogenated alkanes) is 2. The molecule has 0 aliphatic rings. The summed E-state index contributed by atoms with van der Waals surface area (Å²) in [5.74, 6) is 0. The minimum absolute atomic E-state index is 0.923. The van der Waals surface area contributed by atoms with E-state index in [4.69, 9.17) is 0 Å². The van der Waals surface area contributed by atoms with E-state index in [0.717, 1.165) is 5.25 Å². The molecule has 0 saturated carbocycles. The fourth-order valence-corrected chi connectivity index (χ4v) is 1.85. The Morgan fingerprint density at radius 2 is 1.90 bits per heavy atom. The summed E-state index contributed by atoms with van der Waals surface area (Å²) in [4.78, 5) is 0. The van der Waals surface area contributed by atoms with Gasteiger partial charge < -0.3 is 0 Å². The van der Waals surface area contributed by atoms with Crippen molar-refractivity contribution in [2.45, 2.75) is 51.2 Å². The zero-order valence-corrected chi connectivity index (χ0v) is 8.34. The van der Waals surface area contributed by atoms with Crippen molar-refractivity contribution in [3.05, 3.63) is 0 Å². The van der Waals surface area contributed by atoms with Gasteiger partial charge in [0.2, 0.25) is 0 Å². The van der Waals surface area contributed by atoms with Gasteiger partial charge in [-0.15, -0.1) is 0 Å². The fourth-order valence-electron chi connectivity index (χ4n) is 1.11. The van der Waals surface area contributed by atoms with E-state index in [-0.39, 0.29) is 0 Å². The molecule has 0 fully saturated rings. The number of thioether (sulfide) groups is 1. The molecule has 10 heavy (non-hydrogen) atoms. The molecule has 1 unspecified atom stereocenters. The standard InChI is InChI=1S/C9H20S/c1-4-6-7-8-9(5-2)10-3/h9H,4-8H2,1-3H3. The van der Waals surface area contributed by atoms with E-state index in [1.807, 2.05) is 11.8 Å². The smallest absolute Gasteiger partial charge is 0.00416 e. The molecule has 0 nitrogen and oxygen atoms in total. The van der Waals surface area contributed by atoms with E-state index in [1.54, 1.807) is 0 Å². The Hall–Kier alpha value is 0.350. The van der Waals surface area contributed by atoms with Crippen molar-refractivity contribution in [3.63, 3.8) is 0 Å². The predicted molar refractivity (Wildman–Crippen MR) is 51.7 cm³/mol. The first-order valence-electron chi connectivity index (χ1n) is 4.37. The van der Waals surface area contributed by atoms with Gasteiger partial charge in [0.05, 0.1) is 0 Å². The second kappa shape index (κ2) is 7.46. The van der Waals surface area contributed by atoms with Gasteiger partial charge in [0, 0.05) is 5.25 Å². The van der Waals surface area contributed by atoms with Gasteiger partial charge in [-0.05, 0) is 19.1 Å². The zero-order valence-electron chi connectivity index (χ0n) is 7.52. The average Bonchev–Trinajstić information content (AvgIpc) is 1.99. The maximum atomic E-state index is 2.28. The van der Waals surface area contributed by atoms with E-state index in [2.05, 4.69) is 20.1 Å². The van der Waals surface area contributed by atoms with Crippen molar-refractivity contribution in [2.75, 3.05) is 6.26 Å². The lowest BCUT2D eigenvalue weighted by Gasteiger charge is -2.09. The molecular formula is C9H20S. The van der Waals surface area contributed by atoms with Gasteiger partial charge in [-0.2, -0.15) is 11.8 Å².